The van der Waals surface area contributed by atoms with Gasteiger partial charge in [-0.15, -0.1) is 24.8 Å². The van der Waals surface area contributed by atoms with E-state index in [1.807, 2.05) is 37.3 Å². The number of halogens is 2. The highest BCUT2D eigenvalue weighted by Crippen LogP contribution is 2.20. The van der Waals surface area contributed by atoms with Crippen molar-refractivity contribution in [1.82, 2.24) is 10.2 Å². The first-order valence-electron chi connectivity index (χ1n) is 7.40. The topological polar surface area (TPSA) is 58.4 Å². The van der Waals surface area contributed by atoms with Gasteiger partial charge in [-0.2, -0.15) is 0 Å². The van der Waals surface area contributed by atoms with Crippen LogP contribution in [0.5, 0.6) is 0 Å². The molecule has 2 unspecified atom stereocenters. The molecule has 6 heteroatoms. The molecule has 0 aliphatic heterocycles. The first-order valence-corrected chi connectivity index (χ1v) is 7.40. The molecule has 1 aromatic carbocycles. The van der Waals surface area contributed by atoms with E-state index in [9.17, 15) is 4.79 Å². The minimum Gasteiger partial charge on any atom is -0.354 e. The monoisotopic (exact) mass is 349 g/mol. The predicted octanol–water partition coefficient (Wildman–Crippen LogP) is 2.62. The second-order valence-electron chi connectivity index (χ2n) is 5.12. The number of nitrogens with one attached hydrogen (secondary N) is 1. The quantitative estimate of drug-likeness (QED) is 0.758. The Labute approximate surface area is 146 Å². The second-order valence-corrected chi connectivity index (χ2v) is 5.12. The molecule has 22 heavy (non-hydrogen) atoms. The number of amides is 1. The summed E-state index contributed by atoms with van der Waals surface area (Å²) < 4.78 is 0. The van der Waals surface area contributed by atoms with Crippen LogP contribution in [0.25, 0.3) is 0 Å². The average molecular weight is 350 g/mol. The number of nitrogens with zero attached hydrogens (tertiary/aromatic N) is 1. The number of hydrogen-bond acceptors (Lipinski definition) is 3. The Morgan fingerprint density at radius 2 is 1.73 bits per heavy atom. The van der Waals surface area contributed by atoms with Crippen molar-refractivity contribution in [3.63, 3.8) is 0 Å². The zero-order valence-electron chi connectivity index (χ0n) is 13.6. The van der Waals surface area contributed by atoms with E-state index in [0.717, 1.165) is 18.7 Å². The highest BCUT2D eigenvalue weighted by molar-refractivity contribution is 5.85. The molecule has 0 spiro atoms. The Hall–Kier alpha value is -0.810. The van der Waals surface area contributed by atoms with Crippen LogP contribution in [0.15, 0.2) is 30.3 Å². The third-order valence-electron chi connectivity index (χ3n) is 3.57. The van der Waals surface area contributed by atoms with Gasteiger partial charge in [0, 0.05) is 6.54 Å². The van der Waals surface area contributed by atoms with Crippen LogP contribution in [0.4, 0.5) is 0 Å². The Bertz CT molecular complexity index is 400. The maximum Gasteiger partial charge on any atom is 0.241 e. The molecule has 4 nitrogen and oxygen atoms in total. The van der Waals surface area contributed by atoms with Gasteiger partial charge in [0.1, 0.15) is 6.04 Å². The fraction of sp³-hybridized carbons (Fsp3) is 0.562. The largest absolute Gasteiger partial charge is 0.354 e. The number of carbonyl (C=O) groups excluding carboxylic acids is 1. The third-order valence-corrected chi connectivity index (χ3v) is 3.57. The minimum absolute atomic E-state index is 0. The van der Waals surface area contributed by atoms with E-state index in [0.29, 0.717) is 19.0 Å². The summed E-state index contributed by atoms with van der Waals surface area (Å²) >= 11 is 0. The van der Waals surface area contributed by atoms with Crippen molar-refractivity contribution >= 4 is 30.7 Å². The number of benzene rings is 1. The van der Waals surface area contributed by atoms with E-state index in [-0.39, 0.29) is 36.8 Å². The summed E-state index contributed by atoms with van der Waals surface area (Å²) in [6, 6.07) is 9.71. The van der Waals surface area contributed by atoms with E-state index in [2.05, 4.69) is 24.1 Å². The van der Waals surface area contributed by atoms with Crippen molar-refractivity contribution in [3.8, 4) is 0 Å². The molecule has 0 aliphatic carbocycles. The molecule has 0 heterocycles. The zero-order valence-corrected chi connectivity index (χ0v) is 15.3. The number of rotatable bonds is 8. The first-order chi connectivity index (χ1) is 9.63. The normalized spacial score (nSPS) is 12.8. The molecular formula is C16H29Cl2N3O. The molecule has 1 rings (SSSR count). The second kappa shape index (κ2) is 12.7. The van der Waals surface area contributed by atoms with Crippen LogP contribution >= 0.6 is 24.8 Å². The summed E-state index contributed by atoms with van der Waals surface area (Å²) in [5.41, 5.74) is 6.63. The van der Waals surface area contributed by atoms with Crippen molar-refractivity contribution in [1.29, 1.82) is 0 Å². The molecule has 0 radical (unpaired) electrons. The molecule has 0 saturated heterocycles. The predicted molar refractivity (Wildman–Crippen MR) is 97.8 cm³/mol. The summed E-state index contributed by atoms with van der Waals surface area (Å²) in [6.45, 7) is 9.09. The lowest BCUT2D eigenvalue weighted by Crippen LogP contribution is -2.42. The molecule has 128 valence electrons. The van der Waals surface area contributed by atoms with Crippen LogP contribution < -0.4 is 11.1 Å². The van der Waals surface area contributed by atoms with Gasteiger partial charge in [-0.3, -0.25) is 9.69 Å². The van der Waals surface area contributed by atoms with Crippen LogP contribution in [0.1, 0.15) is 32.4 Å². The summed E-state index contributed by atoms with van der Waals surface area (Å²) in [4.78, 5) is 14.7. The Morgan fingerprint density at radius 3 is 2.18 bits per heavy atom. The maximum atomic E-state index is 12.5. The van der Waals surface area contributed by atoms with Gasteiger partial charge in [-0.1, -0.05) is 51.1 Å². The van der Waals surface area contributed by atoms with Crippen molar-refractivity contribution in [2.24, 2.45) is 11.7 Å². The molecule has 0 saturated carbocycles. The molecule has 0 fully saturated rings. The third kappa shape index (κ3) is 6.97. The zero-order chi connectivity index (χ0) is 15.0. The van der Waals surface area contributed by atoms with Crippen molar-refractivity contribution in [2.45, 2.75) is 26.8 Å². The average Bonchev–Trinajstić information content (AvgIpc) is 2.50. The first kappa shape index (κ1) is 23.5. The standard InChI is InChI=1S/C16H27N3O.2ClH/c1-4-19(5-2)15(14-9-7-6-8-10-14)16(20)18-12-13(3)11-17;;/h6-10,13,15H,4-5,11-12,17H2,1-3H3,(H,18,20);2*1H. The Kier molecular flexibility index (Phi) is 13.5. The molecule has 0 aliphatic rings. The summed E-state index contributed by atoms with van der Waals surface area (Å²) in [5.74, 6) is 0.354. The number of nitrogens with two attached hydrogens (primary N) is 1. The van der Waals surface area contributed by atoms with Gasteiger partial charge in [0.05, 0.1) is 0 Å². The van der Waals surface area contributed by atoms with E-state index in [1.54, 1.807) is 0 Å². The summed E-state index contributed by atoms with van der Waals surface area (Å²) in [7, 11) is 0. The summed E-state index contributed by atoms with van der Waals surface area (Å²) in [5, 5.41) is 3.02. The van der Waals surface area contributed by atoms with E-state index in [1.165, 1.54) is 0 Å². The van der Waals surface area contributed by atoms with Crippen molar-refractivity contribution in [2.75, 3.05) is 26.2 Å². The maximum absolute atomic E-state index is 12.5. The van der Waals surface area contributed by atoms with Gasteiger partial charge >= 0.3 is 0 Å². The highest BCUT2D eigenvalue weighted by Gasteiger charge is 2.25. The van der Waals surface area contributed by atoms with Gasteiger partial charge in [0.2, 0.25) is 5.91 Å². The van der Waals surface area contributed by atoms with Crippen molar-refractivity contribution in [3.05, 3.63) is 35.9 Å². The van der Waals surface area contributed by atoms with E-state index < -0.39 is 0 Å². The van der Waals surface area contributed by atoms with Crippen LogP contribution in [-0.2, 0) is 4.79 Å². The van der Waals surface area contributed by atoms with Crippen LogP contribution in [0.3, 0.4) is 0 Å². The van der Waals surface area contributed by atoms with Gasteiger partial charge in [0.15, 0.2) is 0 Å². The Morgan fingerprint density at radius 1 is 1.18 bits per heavy atom. The molecule has 1 amide bonds. The van der Waals surface area contributed by atoms with Gasteiger partial charge in [-0.25, -0.2) is 0 Å². The van der Waals surface area contributed by atoms with Crippen LogP contribution in [0.2, 0.25) is 0 Å². The fourth-order valence-corrected chi connectivity index (χ4v) is 2.21. The molecule has 3 N–H and O–H groups in total. The summed E-state index contributed by atoms with van der Waals surface area (Å²) in [6.07, 6.45) is 0. The lowest BCUT2D eigenvalue weighted by atomic mass is 10.0. The van der Waals surface area contributed by atoms with E-state index >= 15 is 0 Å². The highest BCUT2D eigenvalue weighted by atomic mass is 35.5. The van der Waals surface area contributed by atoms with Crippen molar-refractivity contribution < 1.29 is 4.79 Å². The molecule has 0 bridgehead atoms. The number of likely N-dealkylation sites (N-methyl/N-ethyl adjacent to an activating group) is 1. The number of carbonyl (C=O) groups is 1. The van der Waals surface area contributed by atoms with Crippen LogP contribution in [-0.4, -0.2) is 37.0 Å². The van der Waals surface area contributed by atoms with E-state index in [4.69, 9.17) is 5.73 Å². The SMILES string of the molecule is CCN(CC)C(C(=O)NCC(C)CN)c1ccccc1.Cl.Cl. The van der Waals surface area contributed by atoms with Gasteiger partial charge < -0.3 is 11.1 Å². The molecule has 0 aromatic heterocycles. The fourth-order valence-electron chi connectivity index (χ4n) is 2.21. The lowest BCUT2D eigenvalue weighted by molar-refractivity contribution is -0.126. The van der Waals surface area contributed by atoms with Crippen LogP contribution in [0, 0.1) is 5.92 Å². The number of hydrogen-bond donors (Lipinski definition) is 2. The Balaban J connectivity index is 0. The molecule has 2 atom stereocenters. The van der Waals surface area contributed by atoms with Gasteiger partial charge in [0.25, 0.3) is 0 Å². The molecule has 1 aromatic rings. The minimum atomic E-state index is -0.226. The molecular weight excluding hydrogens is 321 g/mol. The lowest BCUT2D eigenvalue weighted by Gasteiger charge is -2.29. The smallest absolute Gasteiger partial charge is 0.241 e. The van der Waals surface area contributed by atoms with Gasteiger partial charge in [-0.05, 0) is 31.1 Å².